The van der Waals surface area contributed by atoms with Gasteiger partial charge >= 0.3 is 5.97 Å². The van der Waals surface area contributed by atoms with Crippen molar-refractivity contribution in [3.8, 4) is 5.69 Å². The number of methoxy groups -OCH3 is 1. The van der Waals surface area contributed by atoms with Crippen molar-refractivity contribution >= 4 is 17.7 Å². The Labute approximate surface area is 114 Å². The summed E-state index contributed by atoms with van der Waals surface area (Å²) in [6, 6.07) is 9.43. The van der Waals surface area contributed by atoms with E-state index in [9.17, 15) is 4.79 Å². The smallest absolute Gasteiger partial charge is 0.323 e. The molecule has 0 amide bonds. The number of benzene rings is 1. The Morgan fingerprint density at radius 3 is 2.84 bits per heavy atom. The fraction of sp³-hybridized carbons (Fsp3) is 0.167. The summed E-state index contributed by atoms with van der Waals surface area (Å²) in [6.45, 7) is 3.61. The van der Waals surface area contributed by atoms with E-state index in [2.05, 4.69) is 26.8 Å². The minimum absolute atomic E-state index is 0.386. The van der Waals surface area contributed by atoms with E-state index >= 15 is 0 Å². The van der Waals surface area contributed by atoms with Gasteiger partial charge in [0.25, 0.3) is 0 Å². The van der Waals surface area contributed by atoms with Gasteiger partial charge in [0.2, 0.25) is 5.16 Å². The SMILES string of the molecule is C=CC(Sc1nnnn1-c1ccccc1)C(=O)OC. The predicted octanol–water partition coefficient (Wildman–Crippen LogP) is 1.48. The number of aromatic nitrogens is 4. The minimum atomic E-state index is -0.543. The van der Waals surface area contributed by atoms with E-state index in [4.69, 9.17) is 0 Å². The summed E-state index contributed by atoms with van der Waals surface area (Å²) in [6.07, 6.45) is 1.50. The monoisotopic (exact) mass is 276 g/mol. The van der Waals surface area contributed by atoms with Crippen LogP contribution in [-0.2, 0) is 9.53 Å². The highest BCUT2D eigenvalue weighted by atomic mass is 32.2. The molecule has 0 radical (unpaired) electrons. The molecule has 1 unspecified atom stereocenters. The fourth-order valence-corrected chi connectivity index (χ4v) is 2.25. The molecule has 2 rings (SSSR count). The second-order valence-corrected chi connectivity index (χ2v) is 4.61. The first-order valence-corrected chi connectivity index (χ1v) is 6.35. The van der Waals surface area contributed by atoms with Gasteiger partial charge in [0.1, 0.15) is 5.25 Å². The quantitative estimate of drug-likeness (QED) is 0.468. The standard InChI is InChI=1S/C12H12N4O2S/c1-3-10(11(17)18-2)19-12-13-14-15-16(12)9-7-5-4-6-8-9/h3-8,10H,1H2,2H3. The van der Waals surface area contributed by atoms with Crippen LogP contribution in [0, 0.1) is 0 Å². The Hall–Kier alpha value is -2.15. The average Bonchev–Trinajstić information content (AvgIpc) is 2.93. The van der Waals surface area contributed by atoms with E-state index in [-0.39, 0.29) is 5.97 Å². The van der Waals surface area contributed by atoms with E-state index in [1.807, 2.05) is 30.3 Å². The number of para-hydroxylation sites is 1. The fourth-order valence-electron chi connectivity index (χ4n) is 1.41. The lowest BCUT2D eigenvalue weighted by atomic mass is 10.3. The Kier molecular flexibility index (Phi) is 4.30. The van der Waals surface area contributed by atoms with Crippen LogP contribution in [0.5, 0.6) is 0 Å². The molecule has 1 atom stereocenters. The Balaban J connectivity index is 2.25. The summed E-state index contributed by atoms with van der Waals surface area (Å²) in [4.78, 5) is 11.5. The summed E-state index contributed by atoms with van der Waals surface area (Å²) in [5.41, 5.74) is 0.822. The molecular weight excluding hydrogens is 264 g/mol. The van der Waals surface area contributed by atoms with Gasteiger partial charge in [0.15, 0.2) is 0 Å². The van der Waals surface area contributed by atoms with Gasteiger partial charge in [-0.05, 0) is 22.6 Å². The zero-order chi connectivity index (χ0) is 13.7. The number of rotatable bonds is 5. The number of hydrogen-bond donors (Lipinski definition) is 0. The van der Waals surface area contributed by atoms with Crippen LogP contribution >= 0.6 is 11.8 Å². The third kappa shape index (κ3) is 3.00. The first-order valence-electron chi connectivity index (χ1n) is 5.47. The van der Waals surface area contributed by atoms with Crippen LogP contribution in [0.25, 0.3) is 5.69 Å². The molecule has 7 heteroatoms. The first kappa shape index (κ1) is 13.3. The van der Waals surface area contributed by atoms with Crippen molar-refractivity contribution in [2.24, 2.45) is 0 Å². The van der Waals surface area contributed by atoms with E-state index in [1.165, 1.54) is 24.9 Å². The molecule has 98 valence electrons. The molecule has 0 saturated carbocycles. The number of nitrogens with zero attached hydrogens (tertiary/aromatic N) is 4. The van der Waals surface area contributed by atoms with Gasteiger partial charge in [-0.3, -0.25) is 4.79 Å². The summed E-state index contributed by atoms with van der Waals surface area (Å²) in [5.74, 6) is -0.386. The maximum Gasteiger partial charge on any atom is 0.323 e. The van der Waals surface area contributed by atoms with Crippen LogP contribution < -0.4 is 0 Å². The number of carbonyl (C=O) groups is 1. The lowest BCUT2D eigenvalue weighted by molar-refractivity contribution is -0.139. The molecule has 1 heterocycles. The molecule has 19 heavy (non-hydrogen) atoms. The molecule has 2 aromatic rings. The molecule has 0 fully saturated rings. The van der Waals surface area contributed by atoms with E-state index in [0.717, 1.165) is 5.69 Å². The van der Waals surface area contributed by atoms with Gasteiger partial charge in [-0.15, -0.1) is 11.7 Å². The maximum absolute atomic E-state index is 11.5. The predicted molar refractivity (Wildman–Crippen MR) is 71.0 cm³/mol. The van der Waals surface area contributed by atoms with Crippen molar-refractivity contribution in [2.45, 2.75) is 10.4 Å². The van der Waals surface area contributed by atoms with Gasteiger partial charge in [-0.25, -0.2) is 0 Å². The number of ether oxygens (including phenoxy) is 1. The molecular formula is C12H12N4O2S. The molecule has 0 aliphatic rings. The van der Waals surface area contributed by atoms with Crippen LogP contribution in [0.1, 0.15) is 0 Å². The summed E-state index contributed by atoms with van der Waals surface area (Å²) < 4.78 is 6.25. The average molecular weight is 276 g/mol. The summed E-state index contributed by atoms with van der Waals surface area (Å²) >= 11 is 1.18. The van der Waals surface area contributed by atoms with Crippen LogP contribution in [0.3, 0.4) is 0 Å². The molecule has 1 aromatic carbocycles. The third-order valence-electron chi connectivity index (χ3n) is 2.32. The molecule has 0 N–H and O–H groups in total. The number of esters is 1. The first-order chi connectivity index (χ1) is 9.26. The molecule has 1 aromatic heterocycles. The molecule has 0 spiro atoms. The number of hydrogen-bond acceptors (Lipinski definition) is 6. The molecule has 0 saturated heterocycles. The lowest BCUT2D eigenvalue weighted by Crippen LogP contribution is -2.16. The third-order valence-corrected chi connectivity index (χ3v) is 3.43. The van der Waals surface area contributed by atoms with Gasteiger partial charge in [0.05, 0.1) is 12.8 Å². The second-order valence-electron chi connectivity index (χ2n) is 3.51. The summed E-state index contributed by atoms with van der Waals surface area (Å²) in [7, 11) is 1.33. The van der Waals surface area contributed by atoms with Gasteiger partial charge in [-0.2, -0.15) is 4.68 Å². The van der Waals surface area contributed by atoms with Crippen molar-refractivity contribution < 1.29 is 9.53 Å². The van der Waals surface area contributed by atoms with E-state index in [1.54, 1.807) is 4.68 Å². The van der Waals surface area contributed by atoms with Crippen molar-refractivity contribution in [1.82, 2.24) is 20.2 Å². The van der Waals surface area contributed by atoms with Crippen LogP contribution in [-0.4, -0.2) is 38.5 Å². The van der Waals surface area contributed by atoms with Gasteiger partial charge in [-0.1, -0.05) is 36.0 Å². The number of thioether (sulfide) groups is 1. The summed E-state index contributed by atoms with van der Waals surface area (Å²) in [5, 5.41) is 11.4. The lowest BCUT2D eigenvalue weighted by Gasteiger charge is -2.09. The highest BCUT2D eigenvalue weighted by Crippen LogP contribution is 2.24. The molecule has 0 aliphatic heterocycles. The van der Waals surface area contributed by atoms with Gasteiger partial charge in [0, 0.05) is 0 Å². The van der Waals surface area contributed by atoms with Gasteiger partial charge < -0.3 is 4.74 Å². The Bertz CT molecular complexity index is 570. The second kappa shape index (κ2) is 6.14. The topological polar surface area (TPSA) is 69.9 Å². The Morgan fingerprint density at radius 2 is 2.21 bits per heavy atom. The maximum atomic E-state index is 11.5. The van der Waals surface area contributed by atoms with Crippen molar-refractivity contribution in [3.05, 3.63) is 43.0 Å². The zero-order valence-electron chi connectivity index (χ0n) is 10.3. The van der Waals surface area contributed by atoms with Crippen molar-refractivity contribution in [2.75, 3.05) is 7.11 Å². The Morgan fingerprint density at radius 1 is 1.47 bits per heavy atom. The highest BCUT2D eigenvalue weighted by molar-refractivity contribution is 8.00. The number of tetrazole rings is 1. The normalized spacial score (nSPS) is 11.8. The van der Waals surface area contributed by atoms with E-state index in [0.29, 0.717) is 5.16 Å². The van der Waals surface area contributed by atoms with Crippen molar-refractivity contribution in [1.29, 1.82) is 0 Å². The van der Waals surface area contributed by atoms with Crippen LogP contribution in [0.2, 0.25) is 0 Å². The van der Waals surface area contributed by atoms with Crippen molar-refractivity contribution in [3.63, 3.8) is 0 Å². The highest BCUT2D eigenvalue weighted by Gasteiger charge is 2.21. The minimum Gasteiger partial charge on any atom is -0.468 e. The van der Waals surface area contributed by atoms with Crippen LogP contribution in [0.15, 0.2) is 48.1 Å². The number of carbonyl (C=O) groups excluding carboxylic acids is 1. The largest absolute Gasteiger partial charge is 0.468 e. The molecule has 6 nitrogen and oxygen atoms in total. The molecule has 0 bridgehead atoms. The van der Waals surface area contributed by atoms with Crippen LogP contribution in [0.4, 0.5) is 0 Å². The molecule has 0 aliphatic carbocycles. The zero-order valence-corrected chi connectivity index (χ0v) is 11.1. The van der Waals surface area contributed by atoms with E-state index < -0.39 is 5.25 Å².